The van der Waals surface area contributed by atoms with E-state index in [9.17, 15) is 0 Å². The van der Waals surface area contributed by atoms with Gasteiger partial charge in [-0.2, -0.15) is 0 Å². The number of likely N-dealkylation sites (tertiary alicyclic amines) is 1. The molecular formula is C8H17NO2. The SMILES string of the molecule is CO[C@]1(C)C[C@H](CO)N(C)C1. The van der Waals surface area contributed by atoms with Crippen LogP contribution in [0.1, 0.15) is 13.3 Å². The largest absolute Gasteiger partial charge is 0.395 e. The normalized spacial score (nSPS) is 39.8. The standard InChI is InChI=1S/C8H17NO2/c1-8(11-3)4-7(5-10)9(2)6-8/h7,10H,4-6H2,1-3H3/t7-,8-/m1/s1. The number of methoxy groups -OCH3 is 1. The zero-order chi connectivity index (χ0) is 8.48. The lowest BCUT2D eigenvalue weighted by Gasteiger charge is -2.20. The smallest absolute Gasteiger partial charge is 0.0792 e. The first-order chi connectivity index (χ1) is 5.11. The molecule has 3 heteroatoms. The predicted octanol–water partition coefficient (Wildman–Crippen LogP) is 0.0879. The second kappa shape index (κ2) is 3.09. The van der Waals surface area contributed by atoms with Gasteiger partial charge < -0.3 is 9.84 Å². The highest BCUT2D eigenvalue weighted by atomic mass is 16.5. The molecule has 1 heterocycles. The van der Waals surface area contributed by atoms with Gasteiger partial charge >= 0.3 is 0 Å². The number of ether oxygens (including phenoxy) is 1. The van der Waals surface area contributed by atoms with Crippen LogP contribution in [0.2, 0.25) is 0 Å². The molecule has 0 aromatic carbocycles. The van der Waals surface area contributed by atoms with Crippen molar-refractivity contribution in [3.8, 4) is 0 Å². The summed E-state index contributed by atoms with van der Waals surface area (Å²) in [5, 5.41) is 8.97. The molecule has 0 spiro atoms. The van der Waals surface area contributed by atoms with Crippen LogP contribution in [-0.4, -0.2) is 49.0 Å². The topological polar surface area (TPSA) is 32.7 Å². The molecule has 0 aliphatic carbocycles. The molecule has 1 aliphatic heterocycles. The number of aliphatic hydroxyl groups excluding tert-OH is 1. The van der Waals surface area contributed by atoms with E-state index in [1.54, 1.807) is 7.11 Å². The van der Waals surface area contributed by atoms with Crippen molar-refractivity contribution in [2.45, 2.75) is 25.0 Å². The van der Waals surface area contributed by atoms with E-state index in [0.717, 1.165) is 13.0 Å². The Labute approximate surface area is 68.0 Å². The lowest BCUT2D eigenvalue weighted by molar-refractivity contribution is 0.0160. The Hall–Kier alpha value is -0.120. The summed E-state index contributed by atoms with van der Waals surface area (Å²) in [6.07, 6.45) is 0.927. The van der Waals surface area contributed by atoms with Crippen LogP contribution in [0.15, 0.2) is 0 Å². The molecule has 1 saturated heterocycles. The van der Waals surface area contributed by atoms with Crippen molar-refractivity contribution in [1.82, 2.24) is 4.90 Å². The average molecular weight is 159 g/mol. The van der Waals surface area contributed by atoms with Gasteiger partial charge in [-0.15, -0.1) is 0 Å². The van der Waals surface area contributed by atoms with Crippen molar-refractivity contribution in [2.75, 3.05) is 27.3 Å². The molecule has 1 fully saturated rings. The fraction of sp³-hybridized carbons (Fsp3) is 1.00. The van der Waals surface area contributed by atoms with Gasteiger partial charge in [0.1, 0.15) is 0 Å². The van der Waals surface area contributed by atoms with Crippen LogP contribution in [0.3, 0.4) is 0 Å². The summed E-state index contributed by atoms with van der Waals surface area (Å²) >= 11 is 0. The van der Waals surface area contributed by atoms with E-state index < -0.39 is 0 Å². The second-order valence-electron chi connectivity index (χ2n) is 3.61. The first kappa shape index (κ1) is 8.97. The zero-order valence-corrected chi connectivity index (χ0v) is 7.50. The summed E-state index contributed by atoms with van der Waals surface area (Å²) < 4.78 is 5.35. The van der Waals surface area contributed by atoms with E-state index in [2.05, 4.69) is 11.8 Å². The van der Waals surface area contributed by atoms with Crippen LogP contribution in [0.25, 0.3) is 0 Å². The highest BCUT2D eigenvalue weighted by Crippen LogP contribution is 2.27. The van der Waals surface area contributed by atoms with Crippen molar-refractivity contribution >= 4 is 0 Å². The van der Waals surface area contributed by atoms with Crippen LogP contribution in [0, 0.1) is 0 Å². The van der Waals surface area contributed by atoms with E-state index >= 15 is 0 Å². The van der Waals surface area contributed by atoms with Crippen LogP contribution < -0.4 is 0 Å². The van der Waals surface area contributed by atoms with E-state index in [-0.39, 0.29) is 18.2 Å². The highest BCUT2D eigenvalue weighted by Gasteiger charge is 2.38. The number of hydrogen-bond donors (Lipinski definition) is 1. The number of likely N-dealkylation sites (N-methyl/N-ethyl adjacent to an activating group) is 1. The molecule has 11 heavy (non-hydrogen) atoms. The van der Waals surface area contributed by atoms with E-state index in [4.69, 9.17) is 9.84 Å². The molecule has 0 unspecified atom stereocenters. The first-order valence-corrected chi connectivity index (χ1v) is 3.97. The van der Waals surface area contributed by atoms with Crippen LogP contribution in [0.4, 0.5) is 0 Å². The number of hydrogen-bond acceptors (Lipinski definition) is 3. The van der Waals surface area contributed by atoms with Gasteiger partial charge in [0, 0.05) is 19.7 Å². The van der Waals surface area contributed by atoms with Gasteiger partial charge in [-0.1, -0.05) is 0 Å². The fourth-order valence-electron chi connectivity index (χ4n) is 1.73. The molecule has 2 atom stereocenters. The van der Waals surface area contributed by atoms with Gasteiger partial charge in [0.15, 0.2) is 0 Å². The maximum absolute atomic E-state index is 8.97. The number of rotatable bonds is 2. The highest BCUT2D eigenvalue weighted by molar-refractivity contribution is 4.92. The van der Waals surface area contributed by atoms with Gasteiger partial charge in [-0.05, 0) is 20.4 Å². The average Bonchev–Trinajstić information content (AvgIpc) is 2.27. The summed E-state index contributed by atoms with van der Waals surface area (Å²) in [4.78, 5) is 2.14. The summed E-state index contributed by atoms with van der Waals surface area (Å²) in [6, 6.07) is 0.278. The van der Waals surface area contributed by atoms with Gasteiger partial charge in [-0.3, -0.25) is 4.90 Å². The van der Waals surface area contributed by atoms with Crippen LogP contribution in [0.5, 0.6) is 0 Å². The fourth-order valence-corrected chi connectivity index (χ4v) is 1.73. The van der Waals surface area contributed by atoms with Gasteiger partial charge in [-0.25, -0.2) is 0 Å². The Kier molecular flexibility index (Phi) is 2.52. The van der Waals surface area contributed by atoms with Crippen molar-refractivity contribution in [1.29, 1.82) is 0 Å². The molecule has 0 aromatic rings. The van der Waals surface area contributed by atoms with Crippen LogP contribution in [-0.2, 0) is 4.74 Å². The monoisotopic (exact) mass is 159 g/mol. The molecule has 0 bridgehead atoms. The quantitative estimate of drug-likeness (QED) is 0.619. The van der Waals surface area contributed by atoms with Gasteiger partial charge in [0.2, 0.25) is 0 Å². The second-order valence-corrected chi connectivity index (χ2v) is 3.61. The first-order valence-electron chi connectivity index (χ1n) is 3.97. The van der Waals surface area contributed by atoms with Crippen LogP contribution >= 0.6 is 0 Å². The third-order valence-corrected chi connectivity index (χ3v) is 2.58. The predicted molar refractivity (Wildman–Crippen MR) is 43.5 cm³/mol. The Morgan fingerprint density at radius 2 is 2.36 bits per heavy atom. The molecule has 0 radical (unpaired) electrons. The van der Waals surface area contributed by atoms with Gasteiger partial charge in [0.05, 0.1) is 12.2 Å². The maximum Gasteiger partial charge on any atom is 0.0792 e. The lowest BCUT2D eigenvalue weighted by atomic mass is 10.0. The summed E-state index contributed by atoms with van der Waals surface area (Å²) in [7, 11) is 3.75. The Morgan fingerprint density at radius 3 is 2.64 bits per heavy atom. The minimum Gasteiger partial charge on any atom is -0.395 e. The zero-order valence-electron chi connectivity index (χ0n) is 7.50. The van der Waals surface area contributed by atoms with E-state index in [1.165, 1.54) is 0 Å². The number of nitrogens with zero attached hydrogens (tertiary/aromatic N) is 1. The third-order valence-electron chi connectivity index (χ3n) is 2.58. The lowest BCUT2D eigenvalue weighted by Crippen LogP contribution is -2.31. The summed E-state index contributed by atoms with van der Waals surface area (Å²) in [6.45, 7) is 3.23. The van der Waals surface area contributed by atoms with Crippen molar-refractivity contribution in [2.24, 2.45) is 0 Å². The summed E-state index contributed by atoms with van der Waals surface area (Å²) in [5.74, 6) is 0. The molecule has 0 saturated carbocycles. The van der Waals surface area contributed by atoms with E-state index in [1.807, 2.05) is 7.05 Å². The number of aliphatic hydroxyl groups is 1. The molecule has 3 nitrogen and oxygen atoms in total. The Balaban J connectivity index is 2.55. The Morgan fingerprint density at radius 1 is 1.73 bits per heavy atom. The van der Waals surface area contributed by atoms with Crippen molar-refractivity contribution in [3.63, 3.8) is 0 Å². The minimum atomic E-state index is -0.0534. The molecule has 66 valence electrons. The van der Waals surface area contributed by atoms with Gasteiger partial charge in [0.25, 0.3) is 0 Å². The molecular weight excluding hydrogens is 142 g/mol. The van der Waals surface area contributed by atoms with Crippen molar-refractivity contribution < 1.29 is 9.84 Å². The molecule has 1 N–H and O–H groups in total. The molecule has 1 aliphatic rings. The van der Waals surface area contributed by atoms with Crippen molar-refractivity contribution in [3.05, 3.63) is 0 Å². The summed E-state index contributed by atoms with van der Waals surface area (Å²) in [5.41, 5.74) is -0.0534. The minimum absolute atomic E-state index is 0.0534. The Bertz CT molecular complexity index is 140. The molecule has 1 rings (SSSR count). The van der Waals surface area contributed by atoms with E-state index in [0.29, 0.717) is 0 Å². The maximum atomic E-state index is 8.97. The molecule has 0 amide bonds. The molecule has 0 aromatic heterocycles. The third kappa shape index (κ3) is 1.72.